The van der Waals surface area contributed by atoms with Gasteiger partial charge in [-0.2, -0.15) is 0 Å². The SMILES string of the molecule is O=C(O)c1ccc(CCC(F)(F)c2ccnc(C(=O)N(Cc3ccccc3)C(F)(F)F)c2)cc1. The van der Waals surface area contributed by atoms with Crippen LogP contribution in [-0.4, -0.2) is 33.2 Å². The van der Waals surface area contributed by atoms with Crippen molar-refractivity contribution >= 4 is 11.9 Å². The molecule has 0 aliphatic carbocycles. The molecule has 1 amide bonds. The fraction of sp³-hybridized carbons (Fsp3) is 0.208. The Morgan fingerprint density at radius 3 is 2.12 bits per heavy atom. The van der Waals surface area contributed by atoms with E-state index < -0.39 is 48.3 Å². The van der Waals surface area contributed by atoms with Crippen molar-refractivity contribution in [3.05, 3.63) is 101 Å². The number of halogens is 5. The van der Waals surface area contributed by atoms with E-state index in [-0.39, 0.29) is 22.4 Å². The molecule has 5 nitrogen and oxygen atoms in total. The lowest BCUT2D eigenvalue weighted by molar-refractivity contribution is -0.228. The second-order valence-electron chi connectivity index (χ2n) is 7.48. The smallest absolute Gasteiger partial charge is 0.478 e. The molecule has 1 heterocycles. The first-order valence-corrected chi connectivity index (χ1v) is 10.1. The lowest BCUT2D eigenvalue weighted by atomic mass is 9.99. The van der Waals surface area contributed by atoms with E-state index >= 15 is 0 Å². The van der Waals surface area contributed by atoms with Crippen LogP contribution in [0.1, 0.15) is 44.0 Å². The highest BCUT2D eigenvalue weighted by Gasteiger charge is 2.42. The van der Waals surface area contributed by atoms with Gasteiger partial charge in [-0.1, -0.05) is 42.5 Å². The number of aryl methyl sites for hydroxylation is 1. The number of nitrogens with zero attached hydrogens (tertiary/aromatic N) is 2. The van der Waals surface area contributed by atoms with Crippen molar-refractivity contribution < 1.29 is 36.6 Å². The van der Waals surface area contributed by atoms with Crippen LogP contribution < -0.4 is 0 Å². The Balaban J connectivity index is 1.78. The fourth-order valence-corrected chi connectivity index (χ4v) is 3.22. The van der Waals surface area contributed by atoms with Crippen molar-refractivity contribution in [1.29, 1.82) is 0 Å². The lowest BCUT2D eigenvalue weighted by Gasteiger charge is -2.25. The summed E-state index contributed by atoms with van der Waals surface area (Å²) in [7, 11) is 0. The van der Waals surface area contributed by atoms with Gasteiger partial charge in [0.2, 0.25) is 0 Å². The summed E-state index contributed by atoms with van der Waals surface area (Å²) in [5.74, 6) is -6.16. The summed E-state index contributed by atoms with van der Waals surface area (Å²) in [5.41, 5.74) is -0.715. The van der Waals surface area contributed by atoms with Crippen LogP contribution in [0.2, 0.25) is 0 Å². The standard InChI is InChI=1S/C24H19F5N2O3/c25-23(26,12-10-16-6-8-18(9-7-16)22(33)34)19-11-13-30-20(14-19)21(32)31(24(27,28)29)15-17-4-2-1-3-5-17/h1-9,11,13-14H,10,12,15H2,(H,33,34). The number of benzene rings is 2. The molecule has 0 unspecified atom stereocenters. The number of carboxylic acid groups (broad SMARTS) is 1. The van der Waals surface area contributed by atoms with Gasteiger partial charge in [0.05, 0.1) is 12.1 Å². The van der Waals surface area contributed by atoms with Crippen molar-refractivity contribution in [1.82, 2.24) is 9.88 Å². The number of alkyl halides is 5. The molecule has 0 fully saturated rings. The molecule has 0 saturated heterocycles. The third kappa shape index (κ3) is 6.15. The first-order chi connectivity index (χ1) is 16.0. The average molecular weight is 478 g/mol. The van der Waals surface area contributed by atoms with Gasteiger partial charge in [-0.05, 0) is 41.8 Å². The topological polar surface area (TPSA) is 70.5 Å². The zero-order valence-corrected chi connectivity index (χ0v) is 17.6. The highest BCUT2D eigenvalue weighted by atomic mass is 19.4. The number of aromatic carboxylic acids is 1. The zero-order valence-electron chi connectivity index (χ0n) is 17.6. The molecule has 0 spiro atoms. The van der Waals surface area contributed by atoms with Crippen molar-refractivity contribution in [2.75, 3.05) is 0 Å². The molecule has 2 aromatic carbocycles. The molecule has 178 valence electrons. The van der Waals surface area contributed by atoms with E-state index in [0.717, 1.165) is 12.3 Å². The van der Waals surface area contributed by atoms with E-state index in [1.54, 1.807) is 6.07 Å². The third-order valence-electron chi connectivity index (χ3n) is 5.06. The minimum Gasteiger partial charge on any atom is -0.478 e. The zero-order chi connectivity index (χ0) is 24.9. The summed E-state index contributed by atoms with van der Waals surface area (Å²) in [5, 5.41) is 8.90. The highest BCUT2D eigenvalue weighted by molar-refractivity contribution is 5.92. The summed E-state index contributed by atoms with van der Waals surface area (Å²) in [6, 6.07) is 14.5. The second-order valence-corrected chi connectivity index (χ2v) is 7.48. The average Bonchev–Trinajstić information content (AvgIpc) is 2.81. The van der Waals surface area contributed by atoms with Crippen LogP contribution >= 0.6 is 0 Å². The second kappa shape index (κ2) is 9.98. The summed E-state index contributed by atoms with van der Waals surface area (Å²) in [6.45, 7) is -0.794. The predicted octanol–water partition coefficient (Wildman–Crippen LogP) is 5.67. The number of hydrogen-bond donors (Lipinski definition) is 1. The number of pyridine rings is 1. The Kier molecular flexibility index (Phi) is 7.29. The Bertz CT molecular complexity index is 1150. The van der Waals surface area contributed by atoms with Crippen LogP contribution in [-0.2, 0) is 18.9 Å². The number of hydrogen-bond acceptors (Lipinski definition) is 3. The van der Waals surface area contributed by atoms with Gasteiger partial charge in [-0.15, -0.1) is 13.2 Å². The molecule has 34 heavy (non-hydrogen) atoms. The van der Waals surface area contributed by atoms with Gasteiger partial charge in [-0.25, -0.2) is 18.5 Å². The predicted molar refractivity (Wildman–Crippen MR) is 112 cm³/mol. The molecule has 0 aliphatic heterocycles. The number of carbonyl (C=O) groups is 2. The normalized spacial score (nSPS) is 11.8. The first kappa shape index (κ1) is 24.8. The summed E-state index contributed by atoms with van der Waals surface area (Å²) in [4.78, 5) is 26.7. The van der Waals surface area contributed by atoms with E-state index in [1.807, 2.05) is 0 Å². The molecule has 0 saturated carbocycles. The monoisotopic (exact) mass is 478 g/mol. The minimum atomic E-state index is -5.05. The van der Waals surface area contributed by atoms with E-state index in [1.165, 1.54) is 48.5 Å². The van der Waals surface area contributed by atoms with Crippen LogP contribution in [0.3, 0.4) is 0 Å². The quantitative estimate of drug-likeness (QED) is 0.335. The van der Waals surface area contributed by atoms with Crippen molar-refractivity contribution in [3.8, 4) is 0 Å². The van der Waals surface area contributed by atoms with Gasteiger partial charge >= 0.3 is 12.3 Å². The van der Waals surface area contributed by atoms with Crippen LogP contribution in [0.15, 0.2) is 72.9 Å². The Morgan fingerprint density at radius 1 is 0.882 bits per heavy atom. The van der Waals surface area contributed by atoms with E-state index in [4.69, 9.17) is 5.11 Å². The molecule has 0 radical (unpaired) electrons. The van der Waals surface area contributed by atoms with E-state index in [2.05, 4.69) is 4.98 Å². The van der Waals surface area contributed by atoms with Gasteiger partial charge < -0.3 is 5.11 Å². The van der Waals surface area contributed by atoms with Crippen LogP contribution in [0.4, 0.5) is 22.0 Å². The number of amides is 1. The number of carboxylic acids is 1. The molecule has 0 bridgehead atoms. The molecule has 0 atom stereocenters. The summed E-state index contributed by atoms with van der Waals surface area (Å²) in [6.07, 6.45) is -5.00. The van der Waals surface area contributed by atoms with Crippen LogP contribution in [0.25, 0.3) is 0 Å². The van der Waals surface area contributed by atoms with Crippen LogP contribution in [0.5, 0.6) is 0 Å². The fourth-order valence-electron chi connectivity index (χ4n) is 3.22. The maximum atomic E-state index is 14.8. The minimum absolute atomic E-state index is 0.0116. The Labute approximate surface area is 191 Å². The molecule has 1 aromatic heterocycles. The molecule has 10 heteroatoms. The summed E-state index contributed by atoms with van der Waals surface area (Å²) >= 11 is 0. The molecule has 3 aromatic rings. The lowest BCUT2D eigenvalue weighted by Crippen LogP contribution is -2.42. The molecular formula is C24H19F5N2O3. The largest absolute Gasteiger partial charge is 0.487 e. The van der Waals surface area contributed by atoms with Gasteiger partial charge in [0.15, 0.2) is 0 Å². The van der Waals surface area contributed by atoms with Crippen molar-refractivity contribution in [3.63, 3.8) is 0 Å². The maximum absolute atomic E-state index is 14.8. The van der Waals surface area contributed by atoms with Gasteiger partial charge in [0.1, 0.15) is 5.69 Å². The molecule has 0 aliphatic rings. The third-order valence-corrected chi connectivity index (χ3v) is 5.06. The molecule has 3 rings (SSSR count). The number of carbonyl (C=O) groups excluding carboxylic acids is 1. The first-order valence-electron chi connectivity index (χ1n) is 10.1. The number of aromatic nitrogens is 1. The van der Waals surface area contributed by atoms with Crippen molar-refractivity contribution in [2.45, 2.75) is 31.6 Å². The highest BCUT2D eigenvalue weighted by Crippen LogP contribution is 2.34. The van der Waals surface area contributed by atoms with Gasteiger partial charge in [-0.3, -0.25) is 9.78 Å². The van der Waals surface area contributed by atoms with E-state index in [0.29, 0.717) is 11.6 Å². The van der Waals surface area contributed by atoms with E-state index in [9.17, 15) is 31.5 Å². The van der Waals surface area contributed by atoms with Gasteiger partial charge in [0.25, 0.3) is 11.8 Å². The summed E-state index contributed by atoms with van der Waals surface area (Å²) < 4.78 is 70.3. The maximum Gasteiger partial charge on any atom is 0.487 e. The molecule has 1 N–H and O–H groups in total. The van der Waals surface area contributed by atoms with Gasteiger partial charge in [0, 0.05) is 18.2 Å². The molecular weight excluding hydrogens is 459 g/mol. The number of rotatable bonds is 8. The Morgan fingerprint density at radius 2 is 1.53 bits per heavy atom. The Hall–Kier alpha value is -3.82. The van der Waals surface area contributed by atoms with Crippen molar-refractivity contribution in [2.24, 2.45) is 0 Å². The van der Waals surface area contributed by atoms with Crippen LogP contribution in [0, 0.1) is 0 Å².